The molecule has 1 saturated carbocycles. The third-order valence-electron chi connectivity index (χ3n) is 9.56. The molecule has 1 unspecified atom stereocenters. The molecule has 1 spiro atoms. The fraction of sp³-hybridized carbons (Fsp3) is 0.500. The first kappa shape index (κ1) is 27.2. The van der Waals surface area contributed by atoms with Crippen molar-refractivity contribution in [2.24, 2.45) is 5.41 Å². The van der Waals surface area contributed by atoms with Crippen LogP contribution in [0.15, 0.2) is 23.0 Å². The zero-order valence-corrected chi connectivity index (χ0v) is 23.5. The maximum absolute atomic E-state index is 14.2. The fourth-order valence-corrected chi connectivity index (χ4v) is 7.45. The number of hydrogen-bond acceptors (Lipinski definition) is 6. The number of aromatic hydroxyl groups is 1. The van der Waals surface area contributed by atoms with Gasteiger partial charge in [0.2, 0.25) is 11.8 Å². The highest BCUT2D eigenvalue weighted by molar-refractivity contribution is 6.05. The van der Waals surface area contributed by atoms with Crippen LogP contribution in [0.4, 0.5) is 4.39 Å². The fourth-order valence-electron chi connectivity index (χ4n) is 7.45. The summed E-state index contributed by atoms with van der Waals surface area (Å²) in [6, 6.07) is 4.58. The van der Waals surface area contributed by atoms with Gasteiger partial charge in [-0.3, -0.25) is 33.4 Å². The van der Waals surface area contributed by atoms with Crippen LogP contribution < -0.4 is 5.56 Å². The van der Waals surface area contributed by atoms with Gasteiger partial charge >= 0.3 is 0 Å². The van der Waals surface area contributed by atoms with Crippen LogP contribution in [0.5, 0.6) is 5.75 Å². The zero-order chi connectivity index (χ0) is 29.4. The Morgan fingerprint density at radius 1 is 0.951 bits per heavy atom. The van der Waals surface area contributed by atoms with Crippen molar-refractivity contribution >= 4 is 23.6 Å². The van der Waals surface area contributed by atoms with E-state index in [9.17, 15) is 33.5 Å². The van der Waals surface area contributed by atoms with E-state index in [2.05, 4.69) is 0 Å². The standard InChI is InChI=1S/C30H33FN4O6/c1-17-15-18(5-6-20(17)31)16-32-12-9-19-23(26(32)39)25(38)28(41)35-24(19)27(40)34(30(35)11-4-10-29(30,2)3)14-13-33-21(36)7-8-22(33)37/h5-6,15,38H,4,7-14,16H2,1-3H3. The molecular weight excluding hydrogens is 531 g/mol. The maximum atomic E-state index is 14.2. The lowest BCUT2D eigenvalue weighted by Crippen LogP contribution is -2.57. The number of aryl methyl sites for hydroxylation is 1. The molecule has 11 heteroatoms. The van der Waals surface area contributed by atoms with Gasteiger partial charge in [0.1, 0.15) is 17.2 Å². The van der Waals surface area contributed by atoms with Crippen molar-refractivity contribution in [3.8, 4) is 5.75 Å². The average Bonchev–Trinajstić information content (AvgIpc) is 3.50. The SMILES string of the molecule is Cc1cc(CN2CCc3c(c(O)c(=O)n4c3C(=O)N(CCN3C(=O)CCC3=O)C43CCCC3(C)C)C2=O)ccc1F. The Labute approximate surface area is 236 Å². The van der Waals surface area contributed by atoms with E-state index in [0.29, 0.717) is 29.5 Å². The highest BCUT2D eigenvalue weighted by atomic mass is 19.1. The number of halogens is 1. The first-order chi connectivity index (χ1) is 19.4. The molecule has 0 radical (unpaired) electrons. The second kappa shape index (κ2) is 9.25. The van der Waals surface area contributed by atoms with E-state index in [1.165, 1.54) is 20.4 Å². The van der Waals surface area contributed by atoms with Gasteiger partial charge in [-0.1, -0.05) is 26.0 Å². The van der Waals surface area contributed by atoms with E-state index >= 15 is 0 Å². The summed E-state index contributed by atoms with van der Waals surface area (Å²) in [7, 11) is 0. The van der Waals surface area contributed by atoms with Gasteiger partial charge in [0.05, 0.1) is 5.56 Å². The highest BCUT2D eigenvalue weighted by Gasteiger charge is 2.62. The minimum atomic E-state index is -1.11. The molecule has 1 atom stereocenters. The zero-order valence-electron chi connectivity index (χ0n) is 23.5. The van der Waals surface area contributed by atoms with Gasteiger partial charge in [-0.2, -0.15) is 0 Å². The van der Waals surface area contributed by atoms with E-state index in [1.54, 1.807) is 24.0 Å². The van der Waals surface area contributed by atoms with Gasteiger partial charge in [0.25, 0.3) is 17.4 Å². The third-order valence-corrected chi connectivity index (χ3v) is 9.56. The number of rotatable bonds is 5. The predicted molar refractivity (Wildman–Crippen MR) is 145 cm³/mol. The summed E-state index contributed by atoms with van der Waals surface area (Å²) in [6.45, 7) is 6.04. The Morgan fingerprint density at radius 2 is 1.66 bits per heavy atom. The summed E-state index contributed by atoms with van der Waals surface area (Å²) in [5.41, 5.74) is -1.06. The van der Waals surface area contributed by atoms with Crippen LogP contribution in [0.2, 0.25) is 0 Å². The van der Waals surface area contributed by atoms with Crippen molar-refractivity contribution in [3.05, 3.63) is 62.3 Å². The Balaban J connectivity index is 1.43. The molecule has 41 heavy (non-hydrogen) atoms. The number of carbonyl (C=O) groups excluding carboxylic acids is 4. The van der Waals surface area contributed by atoms with Gasteiger partial charge in [-0.15, -0.1) is 0 Å². The summed E-state index contributed by atoms with van der Waals surface area (Å²) in [4.78, 5) is 70.7. The lowest BCUT2D eigenvalue weighted by Gasteiger charge is -2.46. The molecule has 1 aromatic carbocycles. The number of benzene rings is 1. The molecule has 4 aliphatic rings. The summed E-state index contributed by atoms with van der Waals surface area (Å²) in [5, 5.41) is 11.2. The number of amides is 4. The molecule has 0 bridgehead atoms. The Kier molecular flexibility index (Phi) is 6.13. The Hall–Kier alpha value is -4.02. The van der Waals surface area contributed by atoms with E-state index in [-0.39, 0.29) is 74.3 Å². The predicted octanol–water partition coefficient (Wildman–Crippen LogP) is 2.67. The maximum Gasteiger partial charge on any atom is 0.296 e. The lowest BCUT2D eigenvalue weighted by atomic mass is 9.80. The average molecular weight is 565 g/mol. The summed E-state index contributed by atoms with van der Waals surface area (Å²) in [6.07, 6.45) is 2.42. The van der Waals surface area contributed by atoms with Gasteiger partial charge < -0.3 is 14.9 Å². The van der Waals surface area contributed by atoms with Crippen molar-refractivity contribution < 1.29 is 28.7 Å². The number of carbonyl (C=O) groups is 4. The third kappa shape index (κ3) is 3.77. The van der Waals surface area contributed by atoms with Crippen molar-refractivity contribution in [3.63, 3.8) is 0 Å². The Bertz CT molecular complexity index is 1580. The molecule has 216 valence electrons. The number of pyridine rings is 1. The highest BCUT2D eigenvalue weighted by Crippen LogP contribution is 2.56. The van der Waals surface area contributed by atoms with Gasteiger partial charge in [0, 0.05) is 50.0 Å². The van der Waals surface area contributed by atoms with Crippen LogP contribution in [0.3, 0.4) is 0 Å². The summed E-state index contributed by atoms with van der Waals surface area (Å²) in [5.74, 6) is -2.61. The smallest absolute Gasteiger partial charge is 0.296 e. The summed E-state index contributed by atoms with van der Waals surface area (Å²) >= 11 is 0. The minimum absolute atomic E-state index is 0.0158. The van der Waals surface area contributed by atoms with E-state index in [1.807, 2.05) is 13.8 Å². The number of likely N-dealkylation sites (tertiary alicyclic amines) is 1. The van der Waals surface area contributed by atoms with E-state index in [0.717, 1.165) is 6.42 Å². The molecular formula is C30H33FN4O6. The summed E-state index contributed by atoms with van der Waals surface area (Å²) < 4.78 is 15.2. The second-order valence-corrected chi connectivity index (χ2v) is 12.2. The van der Waals surface area contributed by atoms with Crippen molar-refractivity contribution in [2.75, 3.05) is 19.6 Å². The van der Waals surface area contributed by atoms with Crippen LogP contribution in [0, 0.1) is 18.2 Å². The molecule has 4 heterocycles. The lowest BCUT2D eigenvalue weighted by molar-refractivity contribution is -0.139. The van der Waals surface area contributed by atoms with Gasteiger partial charge in [-0.25, -0.2) is 4.39 Å². The van der Waals surface area contributed by atoms with Crippen LogP contribution >= 0.6 is 0 Å². The van der Waals surface area contributed by atoms with Crippen molar-refractivity contribution in [1.29, 1.82) is 0 Å². The van der Waals surface area contributed by atoms with Crippen LogP contribution in [0.25, 0.3) is 0 Å². The quantitative estimate of drug-likeness (QED) is 0.558. The van der Waals surface area contributed by atoms with Crippen LogP contribution in [-0.2, 0) is 28.2 Å². The molecule has 3 aliphatic heterocycles. The number of aromatic nitrogens is 1. The van der Waals surface area contributed by atoms with Crippen LogP contribution in [0.1, 0.15) is 83.5 Å². The number of nitrogens with zero attached hydrogens (tertiary/aromatic N) is 4. The van der Waals surface area contributed by atoms with Gasteiger partial charge in [0.15, 0.2) is 5.75 Å². The molecule has 4 amide bonds. The molecule has 6 rings (SSSR count). The van der Waals surface area contributed by atoms with E-state index < -0.39 is 34.2 Å². The normalized spacial score (nSPS) is 23.3. The van der Waals surface area contributed by atoms with Crippen molar-refractivity contribution in [2.45, 2.75) is 71.5 Å². The topological polar surface area (TPSA) is 120 Å². The first-order valence-electron chi connectivity index (χ1n) is 14.1. The Morgan fingerprint density at radius 3 is 2.29 bits per heavy atom. The molecule has 2 aromatic rings. The minimum Gasteiger partial charge on any atom is -0.502 e. The molecule has 10 nitrogen and oxygen atoms in total. The molecule has 2 fully saturated rings. The number of imide groups is 1. The monoisotopic (exact) mass is 564 g/mol. The van der Waals surface area contributed by atoms with Crippen molar-refractivity contribution in [1.82, 2.24) is 19.3 Å². The second-order valence-electron chi connectivity index (χ2n) is 12.2. The molecule has 1 saturated heterocycles. The van der Waals surface area contributed by atoms with E-state index in [4.69, 9.17) is 0 Å². The largest absolute Gasteiger partial charge is 0.502 e. The number of fused-ring (bicyclic) bond motifs is 4. The van der Waals surface area contributed by atoms with Crippen LogP contribution in [-0.4, -0.2) is 67.6 Å². The number of hydrogen-bond donors (Lipinski definition) is 1. The first-order valence-corrected chi connectivity index (χ1v) is 14.1. The molecule has 1 aromatic heterocycles. The molecule has 1 aliphatic carbocycles. The van der Waals surface area contributed by atoms with Gasteiger partial charge in [-0.05, 0) is 49.8 Å². The molecule has 1 N–H and O–H groups in total.